The molecule has 0 saturated carbocycles. The van der Waals surface area contributed by atoms with Gasteiger partial charge in [0, 0.05) is 12.1 Å². The van der Waals surface area contributed by atoms with Crippen molar-refractivity contribution < 1.29 is 13.2 Å². The summed E-state index contributed by atoms with van der Waals surface area (Å²) in [5, 5.41) is 2.59. The molecule has 0 aliphatic rings. The minimum atomic E-state index is -3.59. The Hall–Kier alpha value is -1.51. The molecule has 1 aromatic rings. The highest BCUT2D eigenvalue weighted by molar-refractivity contribution is 7.88. The van der Waals surface area contributed by atoms with Gasteiger partial charge in [-0.15, -0.1) is 0 Å². The summed E-state index contributed by atoms with van der Waals surface area (Å²) in [4.78, 5) is 11.6. The molecular weight excluding hydrogens is 310 g/mol. The third kappa shape index (κ3) is 6.65. The lowest BCUT2D eigenvalue weighted by Crippen LogP contribution is -2.37. The normalized spacial score (nSPS) is 11.1. The molecule has 0 bridgehead atoms. The van der Waals surface area contributed by atoms with Crippen LogP contribution in [0.5, 0.6) is 0 Å². The summed E-state index contributed by atoms with van der Waals surface area (Å²) in [6.07, 6.45) is 0.796. The molecule has 0 fully saturated rings. The van der Waals surface area contributed by atoms with E-state index in [9.17, 15) is 13.2 Å². The van der Waals surface area contributed by atoms with E-state index in [0.717, 1.165) is 6.42 Å². The van der Waals surface area contributed by atoms with Crippen molar-refractivity contribution in [3.63, 3.8) is 0 Å². The number of carbonyl (C=O) groups excluding carboxylic acids is 1. The molecule has 0 spiro atoms. The minimum absolute atomic E-state index is 0.209. The van der Waals surface area contributed by atoms with Crippen LogP contribution < -0.4 is 15.8 Å². The summed E-state index contributed by atoms with van der Waals surface area (Å²) in [6, 6.07) is 6.69. The van der Waals surface area contributed by atoms with Gasteiger partial charge < -0.3 is 11.1 Å². The van der Waals surface area contributed by atoms with E-state index in [1.165, 1.54) is 0 Å². The minimum Gasteiger partial charge on any atom is -0.389 e. The quantitative estimate of drug-likeness (QED) is 0.594. The van der Waals surface area contributed by atoms with Gasteiger partial charge in [0.25, 0.3) is 0 Å². The predicted octanol–water partition coefficient (Wildman–Crippen LogP) is 0.266. The SMILES string of the molecule is CCCNC(=O)CNS(=O)(=O)Cc1cccc(C(N)=S)c1. The molecule has 21 heavy (non-hydrogen) atoms. The number of benzene rings is 1. The number of amides is 1. The van der Waals surface area contributed by atoms with Gasteiger partial charge in [0.05, 0.1) is 12.3 Å². The van der Waals surface area contributed by atoms with Crippen molar-refractivity contribution in [1.82, 2.24) is 10.0 Å². The third-order valence-corrected chi connectivity index (χ3v) is 4.13. The summed E-state index contributed by atoms with van der Waals surface area (Å²) < 4.78 is 26.1. The third-order valence-electron chi connectivity index (χ3n) is 2.59. The van der Waals surface area contributed by atoms with E-state index in [1.54, 1.807) is 24.3 Å². The summed E-state index contributed by atoms with van der Waals surface area (Å²) in [6.45, 7) is 2.17. The van der Waals surface area contributed by atoms with E-state index in [-0.39, 0.29) is 23.2 Å². The average Bonchev–Trinajstić information content (AvgIpc) is 2.42. The van der Waals surface area contributed by atoms with Crippen molar-refractivity contribution >= 4 is 33.1 Å². The Bertz CT molecular complexity index is 615. The van der Waals surface area contributed by atoms with Gasteiger partial charge in [-0.3, -0.25) is 4.79 Å². The van der Waals surface area contributed by atoms with Crippen molar-refractivity contribution in [1.29, 1.82) is 0 Å². The highest BCUT2D eigenvalue weighted by Gasteiger charge is 2.13. The lowest BCUT2D eigenvalue weighted by Gasteiger charge is -2.08. The Kier molecular flexibility index (Phi) is 6.73. The van der Waals surface area contributed by atoms with Crippen LogP contribution in [-0.2, 0) is 20.6 Å². The summed E-state index contributed by atoms with van der Waals surface area (Å²) in [7, 11) is -3.59. The first-order valence-corrected chi connectivity index (χ1v) is 8.53. The standard InChI is InChI=1S/C13H19N3O3S2/c1-2-6-15-12(17)8-16-21(18,19)9-10-4-3-5-11(7-10)13(14)20/h3-5,7,16H,2,6,8-9H2,1H3,(H2,14,20)(H,15,17). The molecule has 0 saturated heterocycles. The zero-order chi connectivity index (χ0) is 15.9. The molecule has 1 amide bonds. The molecule has 0 aromatic heterocycles. The maximum Gasteiger partial charge on any atom is 0.235 e. The van der Waals surface area contributed by atoms with Gasteiger partial charge in [-0.1, -0.05) is 37.3 Å². The van der Waals surface area contributed by atoms with Gasteiger partial charge in [0.2, 0.25) is 15.9 Å². The topological polar surface area (TPSA) is 101 Å². The fourth-order valence-electron chi connectivity index (χ4n) is 1.59. The van der Waals surface area contributed by atoms with Crippen LogP contribution in [0.4, 0.5) is 0 Å². The Labute approximate surface area is 130 Å². The van der Waals surface area contributed by atoms with Crippen LogP contribution in [0, 0.1) is 0 Å². The number of hydrogen-bond acceptors (Lipinski definition) is 4. The van der Waals surface area contributed by atoms with Crippen molar-refractivity contribution in [2.24, 2.45) is 5.73 Å². The van der Waals surface area contributed by atoms with Crippen LogP contribution in [0.3, 0.4) is 0 Å². The fourth-order valence-corrected chi connectivity index (χ4v) is 2.79. The predicted molar refractivity (Wildman–Crippen MR) is 86.3 cm³/mol. The van der Waals surface area contributed by atoms with E-state index in [0.29, 0.717) is 17.7 Å². The van der Waals surface area contributed by atoms with Gasteiger partial charge in [-0.2, -0.15) is 0 Å². The molecule has 116 valence electrons. The highest BCUT2D eigenvalue weighted by atomic mass is 32.2. The zero-order valence-corrected chi connectivity index (χ0v) is 13.4. The first kappa shape index (κ1) is 17.5. The van der Waals surface area contributed by atoms with Crippen LogP contribution in [-0.4, -0.2) is 32.4 Å². The van der Waals surface area contributed by atoms with Gasteiger partial charge in [-0.25, -0.2) is 13.1 Å². The Morgan fingerprint density at radius 3 is 2.71 bits per heavy atom. The van der Waals surface area contributed by atoms with Crippen LogP contribution in [0.1, 0.15) is 24.5 Å². The molecule has 0 radical (unpaired) electrons. The van der Waals surface area contributed by atoms with E-state index in [4.69, 9.17) is 18.0 Å². The lowest BCUT2D eigenvalue weighted by atomic mass is 10.1. The molecule has 8 heteroatoms. The van der Waals surface area contributed by atoms with Gasteiger partial charge in [-0.05, 0) is 18.1 Å². The van der Waals surface area contributed by atoms with Crippen molar-refractivity contribution in [3.8, 4) is 0 Å². The Morgan fingerprint density at radius 1 is 1.38 bits per heavy atom. The van der Waals surface area contributed by atoms with Crippen LogP contribution in [0.15, 0.2) is 24.3 Å². The van der Waals surface area contributed by atoms with Crippen molar-refractivity contribution in [3.05, 3.63) is 35.4 Å². The van der Waals surface area contributed by atoms with Crippen LogP contribution in [0.25, 0.3) is 0 Å². The number of carbonyl (C=O) groups is 1. The molecule has 0 aliphatic carbocycles. The van der Waals surface area contributed by atoms with Crippen molar-refractivity contribution in [2.75, 3.05) is 13.1 Å². The number of nitrogens with two attached hydrogens (primary N) is 1. The largest absolute Gasteiger partial charge is 0.389 e. The summed E-state index contributed by atoms with van der Waals surface area (Å²) >= 11 is 4.85. The molecule has 4 N–H and O–H groups in total. The van der Waals surface area contributed by atoms with Crippen LogP contribution in [0.2, 0.25) is 0 Å². The van der Waals surface area contributed by atoms with Gasteiger partial charge in [0.15, 0.2) is 0 Å². The highest BCUT2D eigenvalue weighted by Crippen LogP contribution is 2.08. The lowest BCUT2D eigenvalue weighted by molar-refractivity contribution is -0.119. The van der Waals surface area contributed by atoms with E-state index < -0.39 is 10.0 Å². The summed E-state index contributed by atoms with van der Waals surface area (Å²) in [5.41, 5.74) is 6.67. The second-order valence-electron chi connectivity index (χ2n) is 4.49. The first-order valence-electron chi connectivity index (χ1n) is 6.47. The van der Waals surface area contributed by atoms with E-state index >= 15 is 0 Å². The van der Waals surface area contributed by atoms with Crippen LogP contribution >= 0.6 is 12.2 Å². The Balaban J connectivity index is 2.62. The Morgan fingerprint density at radius 2 is 2.10 bits per heavy atom. The number of rotatable bonds is 8. The molecule has 6 nitrogen and oxygen atoms in total. The van der Waals surface area contributed by atoms with Gasteiger partial charge >= 0.3 is 0 Å². The molecule has 1 rings (SSSR count). The van der Waals surface area contributed by atoms with E-state index in [1.807, 2.05) is 6.92 Å². The maximum atomic E-state index is 11.9. The molecule has 1 aromatic carbocycles. The van der Waals surface area contributed by atoms with Crippen molar-refractivity contribution in [2.45, 2.75) is 19.1 Å². The number of sulfonamides is 1. The number of hydrogen-bond donors (Lipinski definition) is 3. The molecular formula is C13H19N3O3S2. The number of nitrogens with one attached hydrogen (secondary N) is 2. The molecule has 0 heterocycles. The first-order chi connectivity index (χ1) is 9.84. The molecule has 0 aliphatic heterocycles. The maximum absolute atomic E-state index is 11.9. The monoisotopic (exact) mass is 329 g/mol. The number of thiocarbonyl (C=S) groups is 1. The van der Waals surface area contributed by atoms with Gasteiger partial charge in [0.1, 0.15) is 4.99 Å². The average molecular weight is 329 g/mol. The second kappa shape index (κ2) is 8.06. The second-order valence-corrected chi connectivity index (χ2v) is 6.74. The zero-order valence-electron chi connectivity index (χ0n) is 11.8. The van der Waals surface area contributed by atoms with E-state index in [2.05, 4.69) is 10.0 Å². The summed E-state index contributed by atoms with van der Waals surface area (Å²) in [5.74, 6) is -0.581. The fraction of sp³-hybridized carbons (Fsp3) is 0.385. The molecule has 0 unspecified atom stereocenters. The smallest absolute Gasteiger partial charge is 0.235 e. The molecule has 0 atom stereocenters.